The van der Waals surface area contributed by atoms with Crippen LogP contribution in [0.1, 0.15) is 131 Å². The Kier molecular flexibility index (Phi) is 32.1. The molecule has 95 heavy (non-hydrogen) atoms. The van der Waals surface area contributed by atoms with E-state index in [1.165, 1.54) is 49.3 Å². The number of imide groups is 1. The third-order valence-electron chi connectivity index (χ3n) is 17.5. The number of aliphatic hydroxyl groups excluding tert-OH is 1. The average Bonchev–Trinajstić information content (AvgIpc) is 1.78. The van der Waals surface area contributed by atoms with Crippen molar-refractivity contribution in [3.63, 3.8) is 0 Å². The number of carbonyl (C=O) groups excluding carboxylic acids is 11. The molecule has 1 fully saturated rings. The van der Waals surface area contributed by atoms with E-state index in [9.17, 15) is 66.6 Å². The lowest BCUT2D eigenvalue weighted by Crippen LogP contribution is -2.60. The minimum atomic E-state index is -1.13. The fourth-order valence-corrected chi connectivity index (χ4v) is 11.9. The zero-order chi connectivity index (χ0) is 71.0. The van der Waals surface area contributed by atoms with E-state index in [2.05, 4.69) is 31.9 Å². The van der Waals surface area contributed by atoms with Gasteiger partial charge in [0.25, 0.3) is 11.8 Å². The first-order valence-corrected chi connectivity index (χ1v) is 32.6. The average molecular weight is 1340 g/mol. The Morgan fingerprint density at radius 3 is 1.93 bits per heavy atom. The number of ether oxygens (including phenoxy) is 3. The predicted molar refractivity (Wildman–Crippen MR) is 349 cm³/mol. The molecule has 0 aliphatic carbocycles. The van der Waals surface area contributed by atoms with Gasteiger partial charge in [0.2, 0.25) is 41.4 Å². The number of benzene rings is 2. The topological polar surface area (TPSA) is 347 Å². The molecule has 528 valence electrons. The fraction of sp³-hybridized carbons (Fsp3) is 0.627. The molecule has 26 nitrogen and oxygen atoms in total. The summed E-state index contributed by atoms with van der Waals surface area (Å²) in [5.41, 5.74) is 5.89. The Labute approximate surface area is 556 Å². The van der Waals surface area contributed by atoms with E-state index in [1.807, 2.05) is 13.8 Å². The highest BCUT2D eigenvalue weighted by Crippen LogP contribution is 2.31. The molecule has 11 atom stereocenters. The Morgan fingerprint density at radius 1 is 0.726 bits per heavy atom. The number of likely N-dealkylation sites (N-methyl/N-ethyl adjacent to an activating group) is 2. The van der Waals surface area contributed by atoms with Gasteiger partial charge in [-0.3, -0.25) is 53.0 Å². The molecule has 9 N–H and O–H groups in total. The maximum atomic E-state index is 14.8. The van der Waals surface area contributed by atoms with E-state index in [0.29, 0.717) is 36.9 Å². The van der Waals surface area contributed by atoms with Gasteiger partial charge in [0.05, 0.1) is 42.7 Å². The molecule has 1 saturated heterocycles. The summed E-state index contributed by atoms with van der Waals surface area (Å²) in [6.07, 6.45) is 0.977. The van der Waals surface area contributed by atoms with Gasteiger partial charge >= 0.3 is 12.1 Å². The second-order valence-electron chi connectivity index (χ2n) is 25.6. The SMILES string of the molecule is CC[C@H](C)[C@@H]([C@@H](CC(=O)N1C[C@@H](O)C[C@H]1[C@H](OC)[C@@H](C)C(=O)NCCc1c(F)cccc1F)OC)N(C)C(=O)[C@@H](NC(=O)[C@H](C(C)C)N(C)C(=O)OCc1ccc(NC(=O)[C@H](CCCNC(N)=O)NC(=O)[C@@H](NC(=O)CCCCCN2C(=O)C=CC2=O)C(C)C)cc1)C(C)C. The van der Waals surface area contributed by atoms with Crippen molar-refractivity contribution in [1.29, 1.82) is 0 Å². The van der Waals surface area contributed by atoms with Crippen LogP contribution < -0.4 is 37.6 Å². The summed E-state index contributed by atoms with van der Waals surface area (Å²) in [5, 5.41) is 27.3. The molecular formula is C67H101F2N11O15. The molecule has 0 bridgehead atoms. The predicted octanol–water partition coefficient (Wildman–Crippen LogP) is 4.45. The van der Waals surface area contributed by atoms with Crippen molar-refractivity contribution < 1.29 is 80.8 Å². The van der Waals surface area contributed by atoms with E-state index >= 15 is 0 Å². The second kappa shape index (κ2) is 38.4. The number of hydrogen-bond acceptors (Lipinski definition) is 15. The van der Waals surface area contributed by atoms with Crippen LogP contribution >= 0.6 is 0 Å². The van der Waals surface area contributed by atoms with Gasteiger partial charge in [0.1, 0.15) is 42.4 Å². The number of carbonyl (C=O) groups is 11. The molecule has 0 aromatic heterocycles. The molecule has 0 unspecified atom stereocenters. The monoisotopic (exact) mass is 1340 g/mol. The third-order valence-corrected chi connectivity index (χ3v) is 17.5. The van der Waals surface area contributed by atoms with Crippen LogP contribution in [-0.4, -0.2) is 199 Å². The van der Waals surface area contributed by atoms with Crippen LogP contribution in [0.2, 0.25) is 0 Å². The lowest BCUT2D eigenvalue weighted by molar-refractivity contribution is -0.148. The number of β-amino-alcohol motifs (C(OH)–C–C–N with tert-alkyl or cyclic N) is 1. The Hall–Kier alpha value is -8.11. The number of nitrogens with zero attached hydrogens (tertiary/aromatic N) is 4. The van der Waals surface area contributed by atoms with E-state index in [0.717, 1.165) is 21.9 Å². The molecule has 4 rings (SSSR count). The van der Waals surface area contributed by atoms with Crippen molar-refractivity contribution in [2.75, 3.05) is 59.8 Å². The number of rotatable bonds is 38. The number of methoxy groups -OCH3 is 2. The van der Waals surface area contributed by atoms with Crippen LogP contribution in [0.15, 0.2) is 54.6 Å². The Bertz CT molecular complexity index is 2950. The molecule has 2 aromatic carbocycles. The van der Waals surface area contributed by atoms with Crippen LogP contribution in [0.25, 0.3) is 0 Å². The van der Waals surface area contributed by atoms with Crippen LogP contribution in [0.4, 0.5) is 24.1 Å². The molecule has 0 radical (unpaired) electrons. The minimum absolute atomic E-state index is 0.0697. The highest BCUT2D eigenvalue weighted by atomic mass is 19.1. The lowest BCUT2D eigenvalue weighted by atomic mass is 9.89. The molecule has 28 heteroatoms. The molecular weight excluding hydrogens is 1240 g/mol. The Morgan fingerprint density at radius 2 is 1.36 bits per heavy atom. The number of urea groups is 1. The minimum Gasteiger partial charge on any atom is -0.445 e. The van der Waals surface area contributed by atoms with Crippen molar-refractivity contribution in [2.45, 2.75) is 188 Å². The number of primary amides is 1. The lowest BCUT2D eigenvalue weighted by Gasteiger charge is -2.41. The summed E-state index contributed by atoms with van der Waals surface area (Å²) in [6, 6.07) is 3.19. The number of unbranched alkanes of at least 4 members (excludes halogenated alkanes) is 2. The first-order chi connectivity index (χ1) is 44.9. The normalized spacial score (nSPS) is 17.5. The van der Waals surface area contributed by atoms with Gasteiger partial charge in [-0.25, -0.2) is 18.4 Å². The van der Waals surface area contributed by atoms with E-state index in [-0.39, 0.29) is 101 Å². The number of aliphatic hydroxyl groups is 1. The van der Waals surface area contributed by atoms with Gasteiger partial charge in [0, 0.05) is 84.3 Å². The van der Waals surface area contributed by atoms with Gasteiger partial charge in [-0.15, -0.1) is 0 Å². The van der Waals surface area contributed by atoms with Crippen LogP contribution in [-0.2, 0) is 70.4 Å². The van der Waals surface area contributed by atoms with Crippen molar-refractivity contribution in [1.82, 2.24) is 46.2 Å². The van der Waals surface area contributed by atoms with E-state index in [1.54, 1.807) is 79.8 Å². The maximum absolute atomic E-state index is 14.8. The number of nitrogens with two attached hydrogens (primary N) is 1. The zero-order valence-corrected chi connectivity index (χ0v) is 57.2. The molecule has 12 amide bonds. The summed E-state index contributed by atoms with van der Waals surface area (Å²) < 4.78 is 46.1. The number of halogens is 2. The number of nitrogens with one attached hydrogen (secondary N) is 6. The number of likely N-dealkylation sites (tertiary alicyclic amines) is 1. The van der Waals surface area contributed by atoms with Gasteiger partial charge < -0.3 is 66.8 Å². The van der Waals surface area contributed by atoms with Crippen molar-refractivity contribution in [2.24, 2.45) is 35.3 Å². The van der Waals surface area contributed by atoms with Gasteiger partial charge in [-0.2, -0.15) is 0 Å². The third kappa shape index (κ3) is 23.4. The van der Waals surface area contributed by atoms with Gasteiger partial charge in [-0.05, 0) is 92.0 Å². The molecule has 0 spiro atoms. The standard InChI is InChI=1S/C67H101F2N11O15/c1-14-41(8)59(51(93-12)35-55(85)80-36-45(81)34-50(80)60(94-13)42(9)61(86)71-32-30-46-47(68)20-18-21-48(46)69)77(10)65(90)57(39(4)5)76-64(89)58(40(6)7)78(11)67(92)95-37-43-24-26-44(27-25-43)73-62(87)49(22-19-31-72-66(70)91)74-63(88)56(38(2)3)75-52(82)23-16-15-17-33-79-53(83)28-29-54(79)84/h18,20-21,24-29,38-42,45,49-51,56-60,81H,14-17,19,22-23,30-37H2,1-13H3,(H,71,86)(H,73,87)(H,74,88)(H,75,82)(H,76,89)(H3,70,72,91)/t41-,42+,45-,49-,50-,51+,56-,57-,58-,59-,60+/m0/s1. The highest BCUT2D eigenvalue weighted by molar-refractivity contribution is 6.12. The molecule has 2 aliphatic heterocycles. The Balaban J connectivity index is 1.38. The fourth-order valence-electron chi connectivity index (χ4n) is 11.9. The van der Waals surface area contributed by atoms with Crippen molar-refractivity contribution >= 4 is 71.0 Å². The molecule has 2 heterocycles. The molecule has 2 aromatic rings. The van der Waals surface area contributed by atoms with Crippen LogP contribution in [0.5, 0.6) is 0 Å². The zero-order valence-electron chi connectivity index (χ0n) is 57.2. The summed E-state index contributed by atoms with van der Waals surface area (Å²) in [6.45, 7) is 15.8. The van der Waals surface area contributed by atoms with E-state index in [4.69, 9.17) is 19.9 Å². The van der Waals surface area contributed by atoms with Crippen molar-refractivity contribution in [3.8, 4) is 0 Å². The first kappa shape index (κ1) is 79.3. The van der Waals surface area contributed by atoms with Crippen molar-refractivity contribution in [3.05, 3.63) is 77.4 Å². The van der Waals surface area contributed by atoms with Gasteiger partial charge in [0.15, 0.2) is 0 Å². The van der Waals surface area contributed by atoms with Crippen LogP contribution in [0, 0.1) is 41.2 Å². The summed E-state index contributed by atoms with van der Waals surface area (Å²) in [7, 11) is 5.79. The molecule has 0 saturated carbocycles. The van der Waals surface area contributed by atoms with Gasteiger partial charge in [-0.1, -0.05) is 93.4 Å². The van der Waals surface area contributed by atoms with Crippen LogP contribution in [0.3, 0.4) is 0 Å². The number of anilines is 1. The summed E-state index contributed by atoms with van der Waals surface area (Å²) >= 11 is 0. The van der Waals surface area contributed by atoms with E-state index < -0.39 is 137 Å². The number of amides is 12. The quantitative estimate of drug-likeness (QED) is 0.0340. The smallest absolute Gasteiger partial charge is 0.410 e. The summed E-state index contributed by atoms with van der Waals surface area (Å²) in [5.74, 6) is -8.35. The second-order valence-corrected chi connectivity index (χ2v) is 25.6. The number of hydrogen-bond donors (Lipinski definition) is 8. The summed E-state index contributed by atoms with van der Waals surface area (Å²) in [4.78, 5) is 152. The molecule has 2 aliphatic rings. The first-order valence-electron chi connectivity index (χ1n) is 32.6. The largest absolute Gasteiger partial charge is 0.445 e. The maximum Gasteiger partial charge on any atom is 0.410 e. The highest BCUT2D eigenvalue weighted by Gasteiger charge is 2.46.